The van der Waals surface area contributed by atoms with Crippen molar-refractivity contribution >= 4 is 17.4 Å². The van der Waals surface area contributed by atoms with Crippen LogP contribution in [0.3, 0.4) is 0 Å². The van der Waals surface area contributed by atoms with Crippen LogP contribution in [-0.4, -0.2) is 11.1 Å². The molecule has 0 spiro atoms. The van der Waals surface area contributed by atoms with Crippen molar-refractivity contribution in [1.29, 1.82) is 0 Å². The highest BCUT2D eigenvalue weighted by Crippen LogP contribution is 2.22. The lowest BCUT2D eigenvalue weighted by Crippen LogP contribution is -2.12. The van der Waals surface area contributed by atoms with Crippen LogP contribution in [0.1, 0.15) is 44.2 Å². The zero-order valence-corrected chi connectivity index (χ0v) is 10.7. The zero-order valence-electron chi connectivity index (χ0n) is 9.99. The Hall–Kier alpha value is -0.800. The number of hydrogen-bond donors (Lipinski definition) is 1. The predicted molar refractivity (Wildman–Crippen MR) is 69.9 cm³/mol. The van der Waals surface area contributed by atoms with Crippen LogP contribution >= 0.6 is 11.6 Å². The number of anilines is 1. The normalized spacial score (nSPS) is 17.9. The van der Waals surface area contributed by atoms with E-state index in [0.29, 0.717) is 23.6 Å². The molecule has 1 saturated carbocycles. The van der Waals surface area contributed by atoms with Gasteiger partial charge in [-0.1, -0.05) is 37.3 Å². The van der Waals surface area contributed by atoms with Crippen molar-refractivity contribution in [1.82, 2.24) is 4.98 Å². The van der Waals surface area contributed by atoms with E-state index in [1.54, 1.807) is 12.1 Å². The van der Waals surface area contributed by atoms with Crippen LogP contribution in [0.2, 0.25) is 5.02 Å². The molecular weight excluding hydrogens is 236 g/mol. The molecule has 0 radical (unpaired) electrons. The Kier molecular flexibility index (Phi) is 4.63. The van der Waals surface area contributed by atoms with Gasteiger partial charge >= 0.3 is 0 Å². The summed E-state index contributed by atoms with van der Waals surface area (Å²) >= 11 is 6.05. The molecule has 0 unspecified atom stereocenters. The third kappa shape index (κ3) is 3.86. The SMILES string of the molecule is Nc1ccc(Cl)c(COC2CCCCCC2)n1. The summed E-state index contributed by atoms with van der Waals surface area (Å²) < 4.78 is 5.88. The van der Waals surface area contributed by atoms with Crippen LogP contribution in [-0.2, 0) is 11.3 Å². The molecule has 0 amide bonds. The first-order valence-corrected chi connectivity index (χ1v) is 6.66. The van der Waals surface area contributed by atoms with Gasteiger partial charge in [-0.25, -0.2) is 4.98 Å². The minimum atomic E-state index is 0.358. The molecule has 1 aromatic rings. The molecule has 0 aromatic carbocycles. The molecule has 2 rings (SSSR count). The summed E-state index contributed by atoms with van der Waals surface area (Å²) in [5.41, 5.74) is 6.38. The fourth-order valence-corrected chi connectivity index (χ4v) is 2.37. The highest BCUT2D eigenvalue weighted by molar-refractivity contribution is 6.31. The highest BCUT2D eigenvalue weighted by Gasteiger charge is 2.13. The number of nitrogens with zero attached hydrogens (tertiary/aromatic N) is 1. The summed E-state index contributed by atoms with van der Waals surface area (Å²) in [5, 5.41) is 0.632. The number of ether oxygens (including phenoxy) is 1. The molecule has 17 heavy (non-hydrogen) atoms. The zero-order chi connectivity index (χ0) is 12.1. The van der Waals surface area contributed by atoms with E-state index < -0.39 is 0 Å². The number of nitrogens with two attached hydrogens (primary N) is 1. The van der Waals surface area contributed by atoms with Crippen molar-refractivity contribution in [2.75, 3.05) is 5.73 Å². The molecule has 1 aliphatic rings. The molecule has 1 fully saturated rings. The molecule has 94 valence electrons. The van der Waals surface area contributed by atoms with Crippen molar-refractivity contribution in [3.8, 4) is 0 Å². The molecule has 1 heterocycles. The lowest BCUT2D eigenvalue weighted by Gasteiger charge is -2.15. The summed E-state index contributed by atoms with van der Waals surface area (Å²) in [6.07, 6.45) is 7.86. The van der Waals surface area contributed by atoms with Crippen LogP contribution in [0.15, 0.2) is 12.1 Å². The minimum absolute atomic E-state index is 0.358. The minimum Gasteiger partial charge on any atom is -0.384 e. The van der Waals surface area contributed by atoms with Gasteiger partial charge < -0.3 is 10.5 Å². The first-order valence-electron chi connectivity index (χ1n) is 6.28. The third-order valence-electron chi connectivity index (χ3n) is 3.20. The van der Waals surface area contributed by atoms with Crippen LogP contribution in [0.4, 0.5) is 5.82 Å². The topological polar surface area (TPSA) is 48.1 Å². The summed E-state index contributed by atoms with van der Waals surface area (Å²) in [6, 6.07) is 3.48. The van der Waals surface area contributed by atoms with Crippen LogP contribution in [0.25, 0.3) is 0 Å². The van der Waals surface area contributed by atoms with E-state index >= 15 is 0 Å². The second-order valence-corrected chi connectivity index (χ2v) is 5.00. The van der Waals surface area contributed by atoms with E-state index in [1.807, 2.05) is 0 Å². The maximum Gasteiger partial charge on any atom is 0.123 e. The molecule has 0 atom stereocenters. The lowest BCUT2D eigenvalue weighted by atomic mass is 10.1. The molecule has 0 aliphatic heterocycles. The largest absolute Gasteiger partial charge is 0.384 e. The quantitative estimate of drug-likeness (QED) is 0.839. The van der Waals surface area contributed by atoms with Crippen LogP contribution in [0, 0.1) is 0 Å². The predicted octanol–water partition coefficient (Wildman–Crippen LogP) is 3.56. The molecular formula is C13H19ClN2O. The van der Waals surface area contributed by atoms with E-state index in [2.05, 4.69) is 4.98 Å². The fraction of sp³-hybridized carbons (Fsp3) is 0.615. The Morgan fingerprint density at radius 3 is 2.65 bits per heavy atom. The molecule has 0 bridgehead atoms. The van der Waals surface area contributed by atoms with E-state index in [-0.39, 0.29) is 0 Å². The summed E-state index contributed by atoms with van der Waals surface area (Å²) in [6.45, 7) is 0.467. The summed E-state index contributed by atoms with van der Waals surface area (Å²) in [5.74, 6) is 0.494. The second-order valence-electron chi connectivity index (χ2n) is 4.59. The average Bonchev–Trinajstić information content (AvgIpc) is 2.59. The Morgan fingerprint density at radius 2 is 1.94 bits per heavy atom. The molecule has 4 heteroatoms. The first kappa shape index (κ1) is 12.7. The van der Waals surface area contributed by atoms with Gasteiger partial charge in [0.05, 0.1) is 23.4 Å². The maximum absolute atomic E-state index is 6.05. The van der Waals surface area contributed by atoms with Crippen molar-refractivity contribution in [2.45, 2.75) is 51.2 Å². The van der Waals surface area contributed by atoms with Gasteiger partial charge in [0.2, 0.25) is 0 Å². The van der Waals surface area contributed by atoms with Gasteiger partial charge in [-0.15, -0.1) is 0 Å². The number of aromatic nitrogens is 1. The molecule has 2 N–H and O–H groups in total. The van der Waals surface area contributed by atoms with Gasteiger partial charge in [0.25, 0.3) is 0 Å². The van der Waals surface area contributed by atoms with Gasteiger partial charge in [-0.05, 0) is 25.0 Å². The van der Waals surface area contributed by atoms with Gasteiger partial charge in [-0.2, -0.15) is 0 Å². The Balaban J connectivity index is 1.89. The highest BCUT2D eigenvalue weighted by atomic mass is 35.5. The Morgan fingerprint density at radius 1 is 1.24 bits per heavy atom. The fourth-order valence-electron chi connectivity index (χ4n) is 2.21. The van der Waals surface area contributed by atoms with Gasteiger partial charge in [-0.3, -0.25) is 0 Å². The van der Waals surface area contributed by atoms with Gasteiger partial charge in [0.15, 0.2) is 0 Å². The average molecular weight is 255 g/mol. The van der Waals surface area contributed by atoms with Gasteiger partial charge in [0.1, 0.15) is 5.82 Å². The van der Waals surface area contributed by atoms with Crippen LogP contribution < -0.4 is 5.73 Å². The third-order valence-corrected chi connectivity index (χ3v) is 3.54. The van der Waals surface area contributed by atoms with Crippen molar-refractivity contribution in [3.63, 3.8) is 0 Å². The molecule has 1 aromatic heterocycles. The number of hydrogen-bond acceptors (Lipinski definition) is 3. The van der Waals surface area contributed by atoms with E-state index in [4.69, 9.17) is 22.1 Å². The van der Waals surface area contributed by atoms with Crippen LogP contribution in [0.5, 0.6) is 0 Å². The van der Waals surface area contributed by atoms with E-state index in [1.165, 1.54) is 25.7 Å². The Bertz CT molecular complexity index is 362. The number of nitrogen functional groups attached to an aromatic ring is 1. The molecule has 1 aliphatic carbocycles. The molecule has 0 saturated heterocycles. The summed E-state index contributed by atoms with van der Waals surface area (Å²) in [7, 11) is 0. The first-order chi connectivity index (χ1) is 8.25. The number of halogens is 1. The maximum atomic E-state index is 6.05. The molecule has 3 nitrogen and oxygen atoms in total. The monoisotopic (exact) mass is 254 g/mol. The number of rotatable bonds is 3. The second kappa shape index (κ2) is 6.22. The van der Waals surface area contributed by atoms with Crippen molar-refractivity contribution < 1.29 is 4.74 Å². The smallest absolute Gasteiger partial charge is 0.123 e. The van der Waals surface area contributed by atoms with E-state index in [0.717, 1.165) is 18.5 Å². The van der Waals surface area contributed by atoms with Crippen molar-refractivity contribution in [3.05, 3.63) is 22.8 Å². The van der Waals surface area contributed by atoms with Gasteiger partial charge in [0, 0.05) is 0 Å². The number of pyridine rings is 1. The summed E-state index contributed by atoms with van der Waals surface area (Å²) in [4.78, 5) is 4.20. The standard InChI is InChI=1S/C13H19ClN2O/c14-11-7-8-13(15)16-12(11)9-17-10-5-3-1-2-4-6-10/h7-8,10H,1-6,9H2,(H2,15,16). The lowest BCUT2D eigenvalue weighted by molar-refractivity contribution is 0.0293. The van der Waals surface area contributed by atoms with Crippen molar-refractivity contribution in [2.24, 2.45) is 0 Å². The van der Waals surface area contributed by atoms with E-state index in [9.17, 15) is 0 Å². The Labute approximate surface area is 107 Å².